The molecule has 1 fully saturated rings. The number of rotatable bonds is 3. The van der Waals surface area contributed by atoms with Gasteiger partial charge in [0.2, 0.25) is 5.89 Å². The number of halogens is 2. The van der Waals surface area contributed by atoms with E-state index in [0.717, 1.165) is 31.5 Å². The third-order valence-corrected chi connectivity index (χ3v) is 3.20. The fourth-order valence-corrected chi connectivity index (χ4v) is 2.16. The van der Waals surface area contributed by atoms with E-state index >= 15 is 0 Å². The molecular formula is C13H12F2N4O2. The summed E-state index contributed by atoms with van der Waals surface area (Å²) in [5.41, 5.74) is -0.296. The van der Waals surface area contributed by atoms with E-state index in [2.05, 4.69) is 20.8 Å². The molecule has 6 nitrogen and oxygen atoms in total. The Hall–Kier alpha value is -2.35. The topological polar surface area (TPSA) is 80.0 Å². The summed E-state index contributed by atoms with van der Waals surface area (Å²) in [4.78, 5) is 11.9. The molecule has 2 heterocycles. The molecule has 1 aromatic heterocycles. The molecule has 2 aromatic rings. The van der Waals surface area contributed by atoms with Crippen LogP contribution in [0.25, 0.3) is 0 Å². The number of aromatic nitrogens is 2. The van der Waals surface area contributed by atoms with Crippen LogP contribution in [-0.2, 0) is 0 Å². The van der Waals surface area contributed by atoms with Crippen LogP contribution in [0.5, 0.6) is 0 Å². The van der Waals surface area contributed by atoms with Gasteiger partial charge in [-0.2, -0.15) is 0 Å². The van der Waals surface area contributed by atoms with Gasteiger partial charge in [0.1, 0.15) is 11.6 Å². The molecule has 1 unspecified atom stereocenters. The molecular weight excluding hydrogens is 282 g/mol. The zero-order valence-corrected chi connectivity index (χ0v) is 10.9. The minimum absolute atomic E-state index is 0.0225. The van der Waals surface area contributed by atoms with E-state index in [0.29, 0.717) is 12.0 Å². The Morgan fingerprint density at radius 2 is 2.24 bits per heavy atom. The van der Waals surface area contributed by atoms with E-state index in [1.54, 1.807) is 0 Å². The molecule has 2 N–H and O–H groups in total. The number of anilines is 1. The Bertz CT molecular complexity index is 668. The van der Waals surface area contributed by atoms with Crippen molar-refractivity contribution in [1.29, 1.82) is 0 Å². The van der Waals surface area contributed by atoms with Gasteiger partial charge in [-0.05, 0) is 31.5 Å². The Labute approximate surface area is 118 Å². The zero-order chi connectivity index (χ0) is 14.8. The molecule has 21 heavy (non-hydrogen) atoms. The predicted molar refractivity (Wildman–Crippen MR) is 68.6 cm³/mol. The molecule has 8 heteroatoms. The largest absolute Gasteiger partial charge is 0.406 e. The molecule has 1 amide bonds. The highest BCUT2D eigenvalue weighted by Gasteiger charge is 2.23. The second-order valence-corrected chi connectivity index (χ2v) is 4.67. The first-order valence-corrected chi connectivity index (χ1v) is 6.46. The molecule has 1 saturated heterocycles. The second kappa shape index (κ2) is 5.57. The summed E-state index contributed by atoms with van der Waals surface area (Å²) >= 11 is 0. The number of benzene rings is 1. The first-order valence-electron chi connectivity index (χ1n) is 6.46. The third kappa shape index (κ3) is 2.89. The predicted octanol–water partition coefficient (Wildman–Crippen LogP) is 2.02. The van der Waals surface area contributed by atoms with Crippen molar-refractivity contribution in [3.05, 3.63) is 41.3 Å². The molecule has 1 atom stereocenters. The number of carbonyl (C=O) groups excluding carboxylic acids is 1. The molecule has 1 aromatic carbocycles. The van der Waals surface area contributed by atoms with Crippen LogP contribution in [0.3, 0.4) is 0 Å². The first kappa shape index (κ1) is 13.6. The standard InChI is InChI=1S/C13H12F2N4O2/c14-7-3-4-8(9(15)6-7)11(20)17-13-19-18-12(21-13)10-2-1-5-16-10/h3-4,6,10,16H,1-2,5H2,(H,17,19,20). The number of hydrogen-bond acceptors (Lipinski definition) is 5. The number of carbonyl (C=O) groups is 1. The molecule has 0 spiro atoms. The van der Waals surface area contributed by atoms with Gasteiger partial charge in [-0.15, -0.1) is 5.10 Å². The normalized spacial score (nSPS) is 17.9. The number of nitrogens with zero attached hydrogens (tertiary/aromatic N) is 2. The Balaban J connectivity index is 1.72. The molecule has 3 rings (SSSR count). The van der Waals surface area contributed by atoms with Crippen molar-refractivity contribution in [3.8, 4) is 0 Å². The lowest BCUT2D eigenvalue weighted by molar-refractivity contribution is 0.102. The van der Waals surface area contributed by atoms with E-state index in [1.165, 1.54) is 0 Å². The summed E-state index contributed by atoms with van der Waals surface area (Å²) < 4.78 is 31.6. The lowest BCUT2D eigenvalue weighted by atomic mass is 10.2. The van der Waals surface area contributed by atoms with Crippen LogP contribution in [0.15, 0.2) is 22.6 Å². The van der Waals surface area contributed by atoms with Gasteiger partial charge < -0.3 is 9.73 Å². The van der Waals surface area contributed by atoms with Crippen LogP contribution >= 0.6 is 0 Å². The van der Waals surface area contributed by atoms with E-state index < -0.39 is 17.5 Å². The fraction of sp³-hybridized carbons (Fsp3) is 0.308. The van der Waals surface area contributed by atoms with Crippen LogP contribution in [0.2, 0.25) is 0 Å². The van der Waals surface area contributed by atoms with Crippen LogP contribution in [0.4, 0.5) is 14.8 Å². The second-order valence-electron chi connectivity index (χ2n) is 4.67. The Kier molecular flexibility index (Phi) is 3.61. The van der Waals surface area contributed by atoms with Gasteiger partial charge in [-0.25, -0.2) is 8.78 Å². The number of amides is 1. The van der Waals surface area contributed by atoms with E-state index in [4.69, 9.17) is 4.42 Å². The van der Waals surface area contributed by atoms with Gasteiger partial charge in [0, 0.05) is 6.07 Å². The van der Waals surface area contributed by atoms with Gasteiger partial charge in [0.15, 0.2) is 0 Å². The van der Waals surface area contributed by atoms with E-state index in [1.807, 2.05) is 0 Å². The quantitative estimate of drug-likeness (QED) is 0.905. The highest BCUT2D eigenvalue weighted by Crippen LogP contribution is 2.23. The van der Waals surface area contributed by atoms with Crippen LogP contribution < -0.4 is 10.6 Å². The lowest BCUT2D eigenvalue weighted by Gasteiger charge is -2.03. The maximum Gasteiger partial charge on any atom is 0.322 e. The molecule has 0 saturated carbocycles. The molecule has 0 bridgehead atoms. The summed E-state index contributed by atoms with van der Waals surface area (Å²) in [5.74, 6) is -2.11. The maximum atomic E-state index is 13.5. The van der Waals surface area contributed by atoms with Gasteiger partial charge >= 0.3 is 6.01 Å². The summed E-state index contributed by atoms with van der Waals surface area (Å²) in [6.45, 7) is 0.871. The van der Waals surface area contributed by atoms with Gasteiger partial charge in [-0.1, -0.05) is 5.10 Å². The Morgan fingerprint density at radius 3 is 2.95 bits per heavy atom. The zero-order valence-electron chi connectivity index (χ0n) is 10.9. The van der Waals surface area contributed by atoms with Gasteiger partial charge in [0.25, 0.3) is 5.91 Å². The third-order valence-electron chi connectivity index (χ3n) is 3.20. The molecule has 0 radical (unpaired) electrons. The van der Waals surface area contributed by atoms with Crippen molar-refractivity contribution in [2.75, 3.05) is 11.9 Å². The number of hydrogen-bond donors (Lipinski definition) is 2. The maximum absolute atomic E-state index is 13.5. The molecule has 1 aliphatic rings. The first-order chi connectivity index (χ1) is 10.1. The fourth-order valence-electron chi connectivity index (χ4n) is 2.16. The van der Waals surface area contributed by atoms with E-state index in [9.17, 15) is 13.6 Å². The van der Waals surface area contributed by atoms with E-state index in [-0.39, 0.29) is 17.6 Å². The minimum atomic E-state index is -0.954. The highest BCUT2D eigenvalue weighted by molar-refractivity contribution is 6.03. The summed E-state index contributed by atoms with van der Waals surface area (Å²) in [7, 11) is 0. The van der Waals surface area contributed by atoms with Crippen LogP contribution in [0, 0.1) is 11.6 Å². The summed E-state index contributed by atoms with van der Waals surface area (Å²) in [6.07, 6.45) is 1.89. The lowest BCUT2D eigenvalue weighted by Crippen LogP contribution is -2.14. The van der Waals surface area contributed by atoms with Crippen molar-refractivity contribution in [2.45, 2.75) is 18.9 Å². The van der Waals surface area contributed by atoms with Crippen molar-refractivity contribution in [2.24, 2.45) is 0 Å². The van der Waals surface area contributed by atoms with Crippen molar-refractivity contribution in [1.82, 2.24) is 15.5 Å². The summed E-state index contributed by atoms with van der Waals surface area (Å²) in [5, 5.41) is 13.0. The van der Waals surface area contributed by atoms with Crippen molar-refractivity contribution >= 4 is 11.9 Å². The molecule has 1 aliphatic heterocycles. The highest BCUT2D eigenvalue weighted by atomic mass is 19.1. The Morgan fingerprint density at radius 1 is 1.38 bits per heavy atom. The number of nitrogens with one attached hydrogen (secondary N) is 2. The smallest absolute Gasteiger partial charge is 0.322 e. The van der Waals surface area contributed by atoms with Crippen LogP contribution in [0.1, 0.15) is 35.1 Å². The van der Waals surface area contributed by atoms with Crippen LogP contribution in [-0.4, -0.2) is 22.6 Å². The minimum Gasteiger partial charge on any atom is -0.406 e. The molecule has 0 aliphatic carbocycles. The SMILES string of the molecule is O=C(Nc1nnc(C2CCCN2)o1)c1ccc(F)cc1F. The average molecular weight is 294 g/mol. The van der Waals surface area contributed by atoms with Gasteiger partial charge in [-0.3, -0.25) is 10.1 Å². The molecule has 110 valence electrons. The monoisotopic (exact) mass is 294 g/mol. The van der Waals surface area contributed by atoms with Crippen molar-refractivity contribution < 1.29 is 18.0 Å². The van der Waals surface area contributed by atoms with Crippen molar-refractivity contribution in [3.63, 3.8) is 0 Å². The van der Waals surface area contributed by atoms with Gasteiger partial charge in [0.05, 0.1) is 11.6 Å². The summed E-state index contributed by atoms with van der Waals surface area (Å²) in [6, 6.07) is 2.55. The average Bonchev–Trinajstić information content (AvgIpc) is 3.08.